The molecule has 0 spiro atoms. The second kappa shape index (κ2) is 14.9. The van der Waals surface area contributed by atoms with Crippen LogP contribution in [0, 0.1) is 18.3 Å². The fraction of sp³-hybridized carbons (Fsp3) is 0.222. The second-order valence-corrected chi connectivity index (χ2v) is 13.2. The van der Waals surface area contributed by atoms with Gasteiger partial charge in [-0.3, -0.25) is 14.4 Å². The van der Waals surface area contributed by atoms with Crippen LogP contribution in [0.25, 0.3) is 6.08 Å². The lowest BCUT2D eigenvalue weighted by atomic mass is 9.96. The van der Waals surface area contributed by atoms with Gasteiger partial charge in [0.2, 0.25) is 5.91 Å². The molecule has 0 fully saturated rings. The molecular formula is C36H34N4O3S2. The number of nitrogens with one attached hydrogen (secondary N) is 3. The minimum absolute atomic E-state index is 0.102. The third-order valence-electron chi connectivity index (χ3n) is 7.44. The first-order valence-electron chi connectivity index (χ1n) is 14.9. The van der Waals surface area contributed by atoms with Gasteiger partial charge < -0.3 is 16.0 Å². The summed E-state index contributed by atoms with van der Waals surface area (Å²) in [6.07, 6.45) is 6.23. The highest BCUT2D eigenvalue weighted by molar-refractivity contribution is 8.00. The number of amides is 3. The molecule has 1 atom stereocenters. The highest BCUT2D eigenvalue weighted by Crippen LogP contribution is 2.38. The monoisotopic (exact) mass is 634 g/mol. The van der Waals surface area contributed by atoms with Crippen LogP contribution < -0.4 is 16.0 Å². The number of carbonyl (C=O) groups excluding carboxylic acids is 3. The van der Waals surface area contributed by atoms with Crippen molar-refractivity contribution >= 4 is 57.6 Å². The average Bonchev–Trinajstić information content (AvgIpc) is 3.40. The summed E-state index contributed by atoms with van der Waals surface area (Å²) < 4.78 is 0. The predicted molar refractivity (Wildman–Crippen MR) is 182 cm³/mol. The molecule has 1 aromatic heterocycles. The van der Waals surface area contributed by atoms with Gasteiger partial charge in [-0.25, -0.2) is 0 Å². The Kier molecular flexibility index (Phi) is 10.5. The first-order chi connectivity index (χ1) is 21.8. The first-order valence-corrected chi connectivity index (χ1v) is 16.6. The van der Waals surface area contributed by atoms with Crippen LogP contribution in [0.5, 0.6) is 0 Å². The van der Waals surface area contributed by atoms with Gasteiger partial charge in [-0.05, 0) is 86.6 Å². The van der Waals surface area contributed by atoms with E-state index in [1.54, 1.807) is 36.4 Å². The maximum Gasteiger partial charge on any atom is 0.272 e. The van der Waals surface area contributed by atoms with Crippen molar-refractivity contribution in [3.05, 3.63) is 117 Å². The van der Waals surface area contributed by atoms with Crippen molar-refractivity contribution in [2.75, 3.05) is 10.6 Å². The average molecular weight is 635 g/mol. The molecule has 0 radical (unpaired) electrons. The Balaban J connectivity index is 1.31. The molecule has 3 N–H and O–H groups in total. The van der Waals surface area contributed by atoms with Crippen molar-refractivity contribution in [3.8, 4) is 6.07 Å². The van der Waals surface area contributed by atoms with E-state index in [1.807, 2.05) is 62.4 Å². The molecule has 0 aliphatic heterocycles. The molecule has 9 heteroatoms. The number of carbonyl (C=O) groups is 3. The smallest absolute Gasteiger partial charge is 0.272 e. The zero-order chi connectivity index (χ0) is 31.8. The molecular weight excluding hydrogens is 601 g/mol. The Hall–Kier alpha value is -4.65. The van der Waals surface area contributed by atoms with Crippen LogP contribution >= 0.6 is 23.1 Å². The highest BCUT2D eigenvalue weighted by atomic mass is 32.2. The number of nitriles is 1. The molecule has 3 amide bonds. The van der Waals surface area contributed by atoms with Crippen LogP contribution in [-0.4, -0.2) is 23.0 Å². The largest absolute Gasteiger partial charge is 0.321 e. The molecule has 228 valence electrons. The number of hydrogen-bond acceptors (Lipinski definition) is 6. The van der Waals surface area contributed by atoms with E-state index in [1.165, 1.54) is 28.0 Å². The van der Waals surface area contributed by atoms with Crippen LogP contribution in [0.2, 0.25) is 0 Å². The van der Waals surface area contributed by atoms with Crippen molar-refractivity contribution in [1.82, 2.24) is 5.32 Å². The number of fused-ring (bicyclic) bond motifs is 1. The molecule has 1 heterocycles. The van der Waals surface area contributed by atoms with E-state index >= 15 is 0 Å². The molecule has 1 aliphatic rings. The van der Waals surface area contributed by atoms with E-state index < -0.39 is 17.1 Å². The second-order valence-electron chi connectivity index (χ2n) is 10.8. The maximum absolute atomic E-state index is 13.5. The third-order valence-corrected chi connectivity index (χ3v) is 10.0. The highest BCUT2D eigenvalue weighted by Gasteiger charge is 2.25. The lowest BCUT2D eigenvalue weighted by Gasteiger charge is -2.16. The van der Waals surface area contributed by atoms with Gasteiger partial charge in [-0.1, -0.05) is 61.0 Å². The summed E-state index contributed by atoms with van der Waals surface area (Å²) in [4.78, 5) is 41.9. The minimum Gasteiger partial charge on any atom is -0.321 e. The number of nitrogens with zero attached hydrogens (tertiary/aromatic N) is 1. The Morgan fingerprint density at radius 3 is 2.51 bits per heavy atom. The summed E-state index contributed by atoms with van der Waals surface area (Å²) in [6, 6.07) is 26.0. The Labute approximate surface area is 271 Å². The summed E-state index contributed by atoms with van der Waals surface area (Å²) >= 11 is 2.92. The first kappa shape index (κ1) is 31.8. The van der Waals surface area contributed by atoms with Crippen LogP contribution in [0.3, 0.4) is 0 Å². The van der Waals surface area contributed by atoms with Crippen molar-refractivity contribution in [3.63, 3.8) is 0 Å². The Morgan fingerprint density at radius 2 is 1.76 bits per heavy atom. The zero-order valence-electron chi connectivity index (χ0n) is 25.2. The zero-order valence-corrected chi connectivity index (χ0v) is 26.8. The molecule has 5 rings (SSSR count). The van der Waals surface area contributed by atoms with Gasteiger partial charge >= 0.3 is 0 Å². The summed E-state index contributed by atoms with van der Waals surface area (Å²) in [5.74, 6) is -1.02. The third kappa shape index (κ3) is 8.09. The van der Waals surface area contributed by atoms with Gasteiger partial charge in [0, 0.05) is 21.0 Å². The summed E-state index contributed by atoms with van der Waals surface area (Å²) in [5, 5.41) is 18.7. The molecule has 0 saturated carbocycles. The molecule has 1 unspecified atom stereocenters. The van der Waals surface area contributed by atoms with Crippen LogP contribution in [-0.2, 0) is 22.4 Å². The molecule has 1 aliphatic carbocycles. The number of hydrogen-bond donors (Lipinski definition) is 3. The topological polar surface area (TPSA) is 111 Å². The van der Waals surface area contributed by atoms with E-state index in [-0.39, 0.29) is 11.6 Å². The van der Waals surface area contributed by atoms with Crippen LogP contribution in [0.1, 0.15) is 63.7 Å². The maximum atomic E-state index is 13.5. The van der Waals surface area contributed by atoms with Crippen LogP contribution in [0.15, 0.2) is 89.5 Å². The molecule has 0 saturated heterocycles. The van der Waals surface area contributed by atoms with Gasteiger partial charge in [0.1, 0.15) is 16.8 Å². The van der Waals surface area contributed by atoms with Gasteiger partial charge in [-0.2, -0.15) is 5.26 Å². The number of aryl methyl sites for hydroxylation is 2. The summed E-state index contributed by atoms with van der Waals surface area (Å²) in [5.41, 5.74) is 4.56. The molecule has 3 aromatic carbocycles. The SMILES string of the molecule is CCC(Sc1cccc(NC(=O)/C(=C\c2cccc(C)c2)NC(=O)c2ccccc2)c1)C(=O)Nc1sc2c(c1C#N)CCCC2. The fourth-order valence-electron chi connectivity index (χ4n) is 5.17. The molecule has 4 aromatic rings. The summed E-state index contributed by atoms with van der Waals surface area (Å²) in [6.45, 7) is 3.91. The number of thiophene rings is 1. The lowest BCUT2D eigenvalue weighted by molar-refractivity contribution is -0.116. The fourth-order valence-corrected chi connectivity index (χ4v) is 7.42. The van der Waals surface area contributed by atoms with Crippen molar-refractivity contribution in [1.29, 1.82) is 5.26 Å². The normalized spacial score (nSPS) is 13.2. The van der Waals surface area contributed by atoms with Gasteiger partial charge in [0.15, 0.2) is 0 Å². The van der Waals surface area contributed by atoms with E-state index in [2.05, 4.69) is 22.0 Å². The van der Waals surface area contributed by atoms with E-state index in [9.17, 15) is 19.6 Å². The standard InChI is InChI=1S/C36H34N4O3S2/c1-3-31(35(43)40-36-29(22-37)28-17-7-8-18-32(28)45-36)44-27-16-10-15-26(21-27)38-34(42)30(20-24-12-9-11-23(2)19-24)39-33(41)25-13-5-4-6-14-25/h4-6,9-16,19-21,31H,3,7-8,17-18H2,1-2H3,(H,38,42)(H,39,41)(H,40,43)/b30-20+. The number of rotatable bonds is 10. The van der Waals surface area contributed by atoms with Gasteiger partial charge in [-0.15, -0.1) is 23.1 Å². The summed E-state index contributed by atoms with van der Waals surface area (Å²) in [7, 11) is 0. The van der Waals surface area contributed by atoms with Crippen LogP contribution in [0.4, 0.5) is 10.7 Å². The number of anilines is 2. The van der Waals surface area contributed by atoms with Gasteiger partial charge in [0.05, 0.1) is 10.8 Å². The minimum atomic E-state index is -0.474. The van der Waals surface area contributed by atoms with E-state index in [4.69, 9.17) is 0 Å². The lowest BCUT2D eigenvalue weighted by Crippen LogP contribution is -2.30. The van der Waals surface area contributed by atoms with Crippen molar-refractivity contribution in [2.45, 2.75) is 56.1 Å². The van der Waals surface area contributed by atoms with E-state index in [0.29, 0.717) is 28.2 Å². The number of benzene rings is 3. The van der Waals surface area contributed by atoms with Crippen molar-refractivity contribution < 1.29 is 14.4 Å². The quantitative estimate of drug-likeness (QED) is 0.122. The van der Waals surface area contributed by atoms with E-state index in [0.717, 1.165) is 47.3 Å². The molecule has 0 bridgehead atoms. The predicted octanol–water partition coefficient (Wildman–Crippen LogP) is 7.73. The Bertz CT molecular complexity index is 1790. The molecule has 45 heavy (non-hydrogen) atoms. The molecule has 7 nitrogen and oxygen atoms in total. The van der Waals surface area contributed by atoms with Crippen molar-refractivity contribution in [2.24, 2.45) is 0 Å². The number of thioether (sulfide) groups is 1. The van der Waals surface area contributed by atoms with Gasteiger partial charge in [0.25, 0.3) is 11.8 Å². The Morgan fingerprint density at radius 1 is 0.978 bits per heavy atom.